The van der Waals surface area contributed by atoms with E-state index >= 15 is 0 Å². The number of hydrogen-bond donors (Lipinski definition) is 1. The number of nitrogens with one attached hydrogen (secondary N) is 1. The van der Waals surface area contributed by atoms with E-state index < -0.39 is 5.60 Å². The summed E-state index contributed by atoms with van der Waals surface area (Å²) < 4.78 is 17.8. The van der Waals surface area contributed by atoms with Crippen LogP contribution in [0.25, 0.3) is 0 Å². The van der Waals surface area contributed by atoms with E-state index in [4.69, 9.17) is 4.74 Å². The van der Waals surface area contributed by atoms with Crippen molar-refractivity contribution in [2.45, 2.75) is 25.9 Å². The standard InChI is InChI=1S/C12H16FNO2/c1-4-12(2,16-3)11(15)14-10-7-5-9(13)6-8-10/h5-8H,4H2,1-3H3,(H,14,15). The first-order chi connectivity index (χ1) is 7.51. The SMILES string of the molecule is CCC(C)(OC)C(=O)Nc1ccc(F)cc1. The van der Waals surface area contributed by atoms with Gasteiger partial charge < -0.3 is 10.1 Å². The Balaban J connectivity index is 2.74. The number of methoxy groups -OCH3 is 1. The van der Waals surface area contributed by atoms with Gasteiger partial charge in [-0.15, -0.1) is 0 Å². The van der Waals surface area contributed by atoms with Crippen LogP contribution in [0.5, 0.6) is 0 Å². The Bertz CT molecular complexity index is 358. The highest BCUT2D eigenvalue weighted by Crippen LogP contribution is 2.17. The highest BCUT2D eigenvalue weighted by molar-refractivity contribution is 5.96. The minimum atomic E-state index is -0.853. The third kappa shape index (κ3) is 2.79. The quantitative estimate of drug-likeness (QED) is 0.855. The Morgan fingerprint density at radius 3 is 2.44 bits per heavy atom. The molecule has 1 amide bonds. The maximum Gasteiger partial charge on any atom is 0.256 e. The molecule has 1 N–H and O–H groups in total. The Morgan fingerprint density at radius 2 is 2.00 bits per heavy atom. The summed E-state index contributed by atoms with van der Waals surface area (Å²) in [7, 11) is 1.49. The first-order valence-electron chi connectivity index (χ1n) is 5.14. The molecule has 1 unspecified atom stereocenters. The molecular weight excluding hydrogens is 209 g/mol. The lowest BCUT2D eigenvalue weighted by Gasteiger charge is -2.25. The molecule has 0 aliphatic rings. The van der Waals surface area contributed by atoms with Crippen molar-refractivity contribution >= 4 is 11.6 Å². The Hall–Kier alpha value is -1.42. The molecule has 0 bridgehead atoms. The van der Waals surface area contributed by atoms with Crippen molar-refractivity contribution < 1.29 is 13.9 Å². The number of carbonyl (C=O) groups excluding carboxylic acids is 1. The number of halogens is 1. The molecular formula is C12H16FNO2. The smallest absolute Gasteiger partial charge is 0.256 e. The summed E-state index contributed by atoms with van der Waals surface area (Å²) in [6, 6.07) is 5.62. The van der Waals surface area contributed by atoms with Gasteiger partial charge in [0.25, 0.3) is 5.91 Å². The Kier molecular flexibility index (Phi) is 4.01. The zero-order chi connectivity index (χ0) is 12.2. The van der Waals surface area contributed by atoms with Gasteiger partial charge in [-0.05, 0) is 37.6 Å². The van der Waals surface area contributed by atoms with Gasteiger partial charge in [0.2, 0.25) is 0 Å². The third-order valence-electron chi connectivity index (χ3n) is 2.71. The van der Waals surface area contributed by atoms with Gasteiger partial charge in [-0.3, -0.25) is 4.79 Å². The first kappa shape index (κ1) is 12.6. The Morgan fingerprint density at radius 1 is 1.44 bits per heavy atom. The highest BCUT2D eigenvalue weighted by atomic mass is 19.1. The molecule has 1 aromatic rings. The van der Waals surface area contributed by atoms with Crippen LogP contribution in [0.4, 0.5) is 10.1 Å². The summed E-state index contributed by atoms with van der Waals surface area (Å²) in [4.78, 5) is 11.9. The van der Waals surface area contributed by atoms with Gasteiger partial charge >= 0.3 is 0 Å². The number of anilines is 1. The maximum absolute atomic E-state index is 12.7. The summed E-state index contributed by atoms with van der Waals surface area (Å²) in [6.07, 6.45) is 0.566. The van der Waals surface area contributed by atoms with Crippen LogP contribution >= 0.6 is 0 Å². The fraction of sp³-hybridized carbons (Fsp3) is 0.417. The van der Waals surface area contributed by atoms with Crippen LogP contribution in [0.1, 0.15) is 20.3 Å². The summed E-state index contributed by atoms with van der Waals surface area (Å²) in [6.45, 7) is 3.58. The van der Waals surface area contributed by atoms with E-state index in [1.807, 2.05) is 6.92 Å². The molecule has 0 fully saturated rings. The molecule has 1 atom stereocenters. The van der Waals surface area contributed by atoms with Gasteiger partial charge in [-0.25, -0.2) is 4.39 Å². The number of ether oxygens (including phenoxy) is 1. The molecule has 0 heterocycles. The molecule has 3 nitrogen and oxygen atoms in total. The van der Waals surface area contributed by atoms with Crippen molar-refractivity contribution in [3.8, 4) is 0 Å². The van der Waals surface area contributed by atoms with Crippen molar-refractivity contribution in [1.29, 1.82) is 0 Å². The second kappa shape index (κ2) is 5.07. The lowest BCUT2D eigenvalue weighted by Crippen LogP contribution is -2.41. The lowest BCUT2D eigenvalue weighted by atomic mass is 10.0. The number of carbonyl (C=O) groups is 1. The normalized spacial score (nSPS) is 14.2. The van der Waals surface area contributed by atoms with E-state index in [2.05, 4.69) is 5.32 Å². The number of hydrogen-bond acceptors (Lipinski definition) is 2. The van der Waals surface area contributed by atoms with E-state index in [0.29, 0.717) is 12.1 Å². The lowest BCUT2D eigenvalue weighted by molar-refractivity contribution is -0.136. The predicted molar refractivity (Wildman–Crippen MR) is 60.7 cm³/mol. The van der Waals surface area contributed by atoms with E-state index in [-0.39, 0.29) is 11.7 Å². The minimum absolute atomic E-state index is 0.232. The number of amides is 1. The molecule has 1 rings (SSSR count). The topological polar surface area (TPSA) is 38.3 Å². The first-order valence-corrected chi connectivity index (χ1v) is 5.14. The van der Waals surface area contributed by atoms with Crippen molar-refractivity contribution in [3.05, 3.63) is 30.1 Å². The molecule has 0 saturated carbocycles. The summed E-state index contributed by atoms with van der Waals surface area (Å²) in [5, 5.41) is 2.68. The predicted octanol–water partition coefficient (Wildman–Crippen LogP) is 2.58. The number of rotatable bonds is 4. The average molecular weight is 225 g/mol. The van der Waals surface area contributed by atoms with E-state index in [1.165, 1.54) is 31.4 Å². The van der Waals surface area contributed by atoms with Crippen LogP contribution in [0.3, 0.4) is 0 Å². The molecule has 1 aromatic carbocycles. The van der Waals surface area contributed by atoms with Gasteiger partial charge in [0, 0.05) is 12.8 Å². The van der Waals surface area contributed by atoms with Crippen LogP contribution < -0.4 is 5.32 Å². The van der Waals surface area contributed by atoms with Crippen LogP contribution in [0.2, 0.25) is 0 Å². The molecule has 0 spiro atoms. The molecule has 0 aliphatic heterocycles. The molecule has 0 aliphatic carbocycles. The van der Waals surface area contributed by atoms with Crippen LogP contribution in [-0.4, -0.2) is 18.6 Å². The molecule has 16 heavy (non-hydrogen) atoms. The van der Waals surface area contributed by atoms with E-state index in [0.717, 1.165) is 0 Å². The van der Waals surface area contributed by atoms with Crippen molar-refractivity contribution in [2.75, 3.05) is 12.4 Å². The molecule has 4 heteroatoms. The summed E-state index contributed by atoms with van der Waals surface area (Å²) >= 11 is 0. The maximum atomic E-state index is 12.7. The summed E-state index contributed by atoms with van der Waals surface area (Å²) in [5.41, 5.74) is -0.294. The van der Waals surface area contributed by atoms with Crippen LogP contribution in [0.15, 0.2) is 24.3 Å². The van der Waals surface area contributed by atoms with Gasteiger partial charge in [-0.2, -0.15) is 0 Å². The average Bonchev–Trinajstić information content (AvgIpc) is 2.31. The van der Waals surface area contributed by atoms with Crippen molar-refractivity contribution in [1.82, 2.24) is 0 Å². The van der Waals surface area contributed by atoms with Crippen LogP contribution in [0, 0.1) is 5.82 Å². The second-order valence-electron chi connectivity index (χ2n) is 3.75. The molecule has 88 valence electrons. The molecule has 0 aromatic heterocycles. The minimum Gasteiger partial charge on any atom is -0.369 e. The molecule has 0 radical (unpaired) electrons. The van der Waals surface area contributed by atoms with Gasteiger partial charge in [0.15, 0.2) is 0 Å². The summed E-state index contributed by atoms with van der Waals surface area (Å²) in [5.74, 6) is -0.563. The highest BCUT2D eigenvalue weighted by Gasteiger charge is 2.30. The van der Waals surface area contributed by atoms with Crippen LogP contribution in [-0.2, 0) is 9.53 Å². The Labute approximate surface area is 94.6 Å². The zero-order valence-corrected chi connectivity index (χ0v) is 9.71. The van der Waals surface area contributed by atoms with Gasteiger partial charge in [0.05, 0.1) is 0 Å². The van der Waals surface area contributed by atoms with Crippen molar-refractivity contribution in [2.24, 2.45) is 0 Å². The van der Waals surface area contributed by atoms with Gasteiger partial charge in [-0.1, -0.05) is 6.92 Å². The largest absolute Gasteiger partial charge is 0.369 e. The fourth-order valence-electron chi connectivity index (χ4n) is 1.19. The van der Waals surface area contributed by atoms with E-state index in [1.54, 1.807) is 6.92 Å². The monoisotopic (exact) mass is 225 g/mol. The third-order valence-corrected chi connectivity index (χ3v) is 2.71. The number of benzene rings is 1. The fourth-order valence-corrected chi connectivity index (χ4v) is 1.19. The van der Waals surface area contributed by atoms with Gasteiger partial charge in [0.1, 0.15) is 11.4 Å². The second-order valence-corrected chi connectivity index (χ2v) is 3.75. The van der Waals surface area contributed by atoms with E-state index in [9.17, 15) is 9.18 Å². The zero-order valence-electron chi connectivity index (χ0n) is 9.71. The van der Waals surface area contributed by atoms with Crippen molar-refractivity contribution in [3.63, 3.8) is 0 Å². The molecule has 0 saturated heterocycles.